The molecular formula is C13H13FN2O2. The molecule has 1 heterocycles. The third-order valence-electron chi connectivity index (χ3n) is 3.41. The van der Waals surface area contributed by atoms with Gasteiger partial charge in [-0.2, -0.15) is 0 Å². The lowest BCUT2D eigenvalue weighted by atomic mass is 10.1. The van der Waals surface area contributed by atoms with E-state index in [9.17, 15) is 14.0 Å². The number of carbonyl (C=O) groups is 2. The Hall–Kier alpha value is -1.91. The summed E-state index contributed by atoms with van der Waals surface area (Å²) in [6.45, 7) is 0. The molecule has 0 spiro atoms. The second kappa shape index (κ2) is 4.08. The number of nitrogens with zero attached hydrogens (tertiary/aromatic N) is 1. The Kier molecular flexibility index (Phi) is 2.54. The van der Waals surface area contributed by atoms with Crippen molar-refractivity contribution in [2.45, 2.75) is 25.3 Å². The third-order valence-corrected chi connectivity index (χ3v) is 3.41. The molecule has 1 aromatic rings. The highest BCUT2D eigenvalue weighted by Crippen LogP contribution is 2.36. The first-order chi connectivity index (χ1) is 8.65. The van der Waals surface area contributed by atoms with Crippen molar-refractivity contribution in [2.75, 3.05) is 4.90 Å². The molecule has 3 rings (SSSR count). The summed E-state index contributed by atoms with van der Waals surface area (Å²) in [4.78, 5) is 24.9. The van der Waals surface area contributed by atoms with Crippen LogP contribution in [-0.4, -0.2) is 18.0 Å². The van der Waals surface area contributed by atoms with E-state index in [0.717, 1.165) is 17.7 Å². The summed E-state index contributed by atoms with van der Waals surface area (Å²) >= 11 is 0. The van der Waals surface area contributed by atoms with Crippen molar-refractivity contribution in [3.8, 4) is 0 Å². The Labute approximate surface area is 104 Å². The molecule has 1 saturated heterocycles. The molecule has 2 fully saturated rings. The molecule has 1 unspecified atom stereocenters. The Morgan fingerprint density at radius 2 is 2.06 bits per heavy atom. The average molecular weight is 248 g/mol. The van der Waals surface area contributed by atoms with Gasteiger partial charge in [-0.15, -0.1) is 0 Å². The molecule has 1 aliphatic carbocycles. The van der Waals surface area contributed by atoms with Crippen LogP contribution in [0.5, 0.6) is 0 Å². The zero-order chi connectivity index (χ0) is 12.7. The van der Waals surface area contributed by atoms with Gasteiger partial charge in [-0.3, -0.25) is 4.79 Å². The molecule has 0 radical (unpaired) electrons. The number of anilines is 1. The second-order valence-corrected chi connectivity index (χ2v) is 4.81. The highest BCUT2D eigenvalue weighted by atomic mass is 19.1. The van der Waals surface area contributed by atoms with Crippen molar-refractivity contribution in [3.05, 3.63) is 30.1 Å². The van der Waals surface area contributed by atoms with Gasteiger partial charge in [-0.25, -0.2) is 14.1 Å². The molecule has 2 aliphatic rings. The number of halogens is 1. The maximum absolute atomic E-state index is 13.1. The van der Waals surface area contributed by atoms with Crippen LogP contribution in [0.1, 0.15) is 19.3 Å². The van der Waals surface area contributed by atoms with Crippen molar-refractivity contribution in [3.63, 3.8) is 0 Å². The average Bonchev–Trinajstić information content (AvgIpc) is 3.11. The normalized spacial score (nSPS) is 24.1. The monoisotopic (exact) mass is 248 g/mol. The zero-order valence-electron chi connectivity index (χ0n) is 9.73. The van der Waals surface area contributed by atoms with Gasteiger partial charge in [0.2, 0.25) is 5.91 Å². The Balaban J connectivity index is 1.84. The van der Waals surface area contributed by atoms with Gasteiger partial charge in [0.25, 0.3) is 0 Å². The van der Waals surface area contributed by atoms with Crippen LogP contribution in [-0.2, 0) is 4.79 Å². The standard InChI is InChI=1S/C13H13FN2O2/c14-9-2-1-3-10(6-9)16-12(17)7-11(8-4-5-8)15-13(16)18/h1-3,6,8,11H,4-5,7H2,(H,15,18). The van der Waals surface area contributed by atoms with Crippen LogP contribution in [0.3, 0.4) is 0 Å². The van der Waals surface area contributed by atoms with Crippen molar-refractivity contribution in [1.82, 2.24) is 5.32 Å². The topological polar surface area (TPSA) is 49.4 Å². The number of hydrogen-bond acceptors (Lipinski definition) is 2. The lowest BCUT2D eigenvalue weighted by Gasteiger charge is -2.31. The van der Waals surface area contributed by atoms with Gasteiger partial charge in [0, 0.05) is 12.5 Å². The summed E-state index contributed by atoms with van der Waals surface area (Å²) in [6, 6.07) is 5.01. The summed E-state index contributed by atoms with van der Waals surface area (Å²) in [5.41, 5.74) is 0.284. The molecule has 3 amide bonds. The predicted molar refractivity (Wildman–Crippen MR) is 63.5 cm³/mol. The molecule has 0 bridgehead atoms. The molecule has 94 valence electrons. The maximum atomic E-state index is 13.1. The molecule has 18 heavy (non-hydrogen) atoms. The minimum absolute atomic E-state index is 0.0465. The van der Waals surface area contributed by atoms with Crippen molar-refractivity contribution in [2.24, 2.45) is 5.92 Å². The maximum Gasteiger partial charge on any atom is 0.328 e. The fraction of sp³-hybridized carbons (Fsp3) is 0.385. The molecule has 0 aromatic heterocycles. The van der Waals surface area contributed by atoms with Crippen molar-refractivity contribution < 1.29 is 14.0 Å². The van der Waals surface area contributed by atoms with E-state index in [1.807, 2.05) is 0 Å². The van der Waals surface area contributed by atoms with Gasteiger partial charge in [0.05, 0.1) is 5.69 Å². The highest BCUT2D eigenvalue weighted by molar-refractivity contribution is 6.16. The van der Waals surface area contributed by atoms with E-state index >= 15 is 0 Å². The van der Waals surface area contributed by atoms with Crippen LogP contribution in [0.25, 0.3) is 0 Å². The molecule has 4 nitrogen and oxygen atoms in total. The van der Waals surface area contributed by atoms with Crippen LogP contribution in [0.2, 0.25) is 0 Å². The number of carbonyl (C=O) groups excluding carboxylic acids is 2. The quantitative estimate of drug-likeness (QED) is 0.870. The Morgan fingerprint density at radius 1 is 1.28 bits per heavy atom. The Morgan fingerprint density at radius 3 is 2.67 bits per heavy atom. The number of imide groups is 1. The summed E-state index contributed by atoms with van der Waals surface area (Å²) < 4.78 is 13.1. The van der Waals surface area contributed by atoms with Crippen LogP contribution in [0, 0.1) is 11.7 Å². The van der Waals surface area contributed by atoms with Gasteiger partial charge in [-0.1, -0.05) is 6.07 Å². The van der Waals surface area contributed by atoms with E-state index in [4.69, 9.17) is 0 Å². The molecule has 1 N–H and O–H groups in total. The van der Waals surface area contributed by atoms with E-state index in [0.29, 0.717) is 12.3 Å². The first-order valence-electron chi connectivity index (χ1n) is 6.04. The number of benzene rings is 1. The number of rotatable bonds is 2. The predicted octanol–water partition coefficient (Wildman–Crippen LogP) is 2.05. The van der Waals surface area contributed by atoms with E-state index in [2.05, 4.69) is 5.32 Å². The van der Waals surface area contributed by atoms with Gasteiger partial charge in [-0.05, 0) is 37.0 Å². The summed E-state index contributed by atoms with van der Waals surface area (Å²) in [5.74, 6) is -0.286. The fourth-order valence-electron chi connectivity index (χ4n) is 2.33. The molecule has 1 aliphatic heterocycles. The highest BCUT2D eigenvalue weighted by Gasteiger charge is 2.40. The van der Waals surface area contributed by atoms with Crippen LogP contribution >= 0.6 is 0 Å². The van der Waals surface area contributed by atoms with Gasteiger partial charge < -0.3 is 5.32 Å². The summed E-state index contributed by atoms with van der Waals surface area (Å²) in [6.07, 6.45) is 2.43. The van der Waals surface area contributed by atoms with E-state index in [-0.39, 0.29) is 17.6 Å². The van der Waals surface area contributed by atoms with Gasteiger partial charge in [0.1, 0.15) is 5.82 Å². The van der Waals surface area contributed by atoms with Gasteiger partial charge >= 0.3 is 6.03 Å². The smallest absolute Gasteiger partial charge is 0.328 e. The van der Waals surface area contributed by atoms with Crippen molar-refractivity contribution in [1.29, 1.82) is 0 Å². The number of hydrogen-bond donors (Lipinski definition) is 1. The molecule has 1 saturated carbocycles. The number of urea groups is 1. The lowest BCUT2D eigenvalue weighted by molar-refractivity contribution is -0.119. The lowest BCUT2D eigenvalue weighted by Crippen LogP contribution is -2.55. The third kappa shape index (κ3) is 1.96. The largest absolute Gasteiger partial charge is 0.334 e. The number of nitrogens with one attached hydrogen (secondary N) is 1. The molecule has 5 heteroatoms. The summed E-state index contributed by atoms with van der Waals surface area (Å²) in [5, 5.41) is 2.82. The summed E-state index contributed by atoms with van der Waals surface area (Å²) in [7, 11) is 0. The van der Waals surface area contributed by atoms with Crippen molar-refractivity contribution >= 4 is 17.6 Å². The van der Waals surface area contributed by atoms with Crippen LogP contribution in [0.15, 0.2) is 24.3 Å². The van der Waals surface area contributed by atoms with E-state index < -0.39 is 11.8 Å². The number of amides is 3. The first kappa shape index (κ1) is 11.2. The SMILES string of the molecule is O=C1CC(C2CC2)NC(=O)N1c1cccc(F)c1. The van der Waals surface area contributed by atoms with E-state index in [1.165, 1.54) is 18.2 Å². The minimum Gasteiger partial charge on any atom is -0.334 e. The zero-order valence-corrected chi connectivity index (χ0v) is 9.73. The van der Waals surface area contributed by atoms with Gasteiger partial charge in [0.15, 0.2) is 0 Å². The Bertz CT molecular complexity index is 495. The molecular weight excluding hydrogens is 235 g/mol. The van der Waals surface area contributed by atoms with E-state index in [1.54, 1.807) is 6.07 Å². The minimum atomic E-state index is -0.461. The van der Waals surface area contributed by atoms with Crippen LogP contribution < -0.4 is 10.2 Å². The molecule has 1 aromatic carbocycles. The molecule has 1 atom stereocenters. The fourth-order valence-corrected chi connectivity index (χ4v) is 2.33. The second-order valence-electron chi connectivity index (χ2n) is 4.81. The first-order valence-corrected chi connectivity index (χ1v) is 6.04. The van der Waals surface area contributed by atoms with Crippen LogP contribution in [0.4, 0.5) is 14.9 Å².